The average Bonchev–Trinajstić information content (AvgIpc) is 2.13. The van der Waals surface area contributed by atoms with E-state index in [9.17, 15) is 4.79 Å². The normalized spacial score (nSPS) is 12.1. The van der Waals surface area contributed by atoms with Crippen molar-refractivity contribution in [2.75, 3.05) is 4.98 Å². The van der Waals surface area contributed by atoms with E-state index < -0.39 is 16.5 Å². The number of rotatable bonds is 4. The van der Waals surface area contributed by atoms with Crippen LogP contribution in [0.5, 0.6) is 0 Å². The van der Waals surface area contributed by atoms with Gasteiger partial charge in [0.25, 0.3) is 0 Å². The summed E-state index contributed by atoms with van der Waals surface area (Å²) < 4.78 is 0. The van der Waals surface area contributed by atoms with E-state index in [-0.39, 0.29) is 5.91 Å². The minimum atomic E-state index is -1.59. The molecule has 0 bridgehead atoms. The number of nitrogens with one attached hydrogen (secondary N) is 2. The summed E-state index contributed by atoms with van der Waals surface area (Å²) in [6.45, 7) is 12.9. The molecule has 0 atom stereocenters. The Hall–Kier alpha value is -1.15. The van der Waals surface area contributed by atoms with E-state index in [1.807, 2.05) is 12.1 Å². The van der Waals surface area contributed by atoms with Crippen LogP contribution in [0.4, 0.5) is 5.82 Å². The van der Waals surface area contributed by atoms with E-state index in [0.717, 1.165) is 5.82 Å². The number of carbonyl (C=O) groups is 1. The van der Waals surface area contributed by atoms with Gasteiger partial charge in [-0.3, -0.25) is 4.79 Å². The summed E-state index contributed by atoms with van der Waals surface area (Å²) in [5.74, 6) is 0.819. The fourth-order valence-electron chi connectivity index (χ4n) is 1.40. The molecule has 0 fully saturated rings. The highest BCUT2D eigenvalue weighted by molar-refractivity contribution is 6.79. The Kier molecular flexibility index (Phi) is 4.34. The Morgan fingerprint density at radius 2 is 1.67 bits per heavy atom. The number of hydrogen-bond donors (Lipinski definition) is 2. The molecule has 4 nitrogen and oxygen atoms in total. The van der Waals surface area contributed by atoms with Crippen molar-refractivity contribution in [2.24, 2.45) is 0 Å². The van der Waals surface area contributed by atoms with Crippen LogP contribution in [0.2, 0.25) is 39.3 Å². The lowest BCUT2D eigenvalue weighted by atomic mass is 10.3. The third kappa shape index (κ3) is 5.46. The lowest BCUT2D eigenvalue weighted by Crippen LogP contribution is -2.45. The van der Waals surface area contributed by atoms with Crippen molar-refractivity contribution in [3.63, 3.8) is 0 Å². The molecule has 0 saturated heterocycles. The standard InChI is InChI=1S/C12H23N3OSi2/c1-17(2,3)14-11-8-7-10(9-13-11)12(16)15-18(4,5)6/h7-9H,1-6H3,(H,13,14)(H,15,16). The van der Waals surface area contributed by atoms with E-state index in [1.165, 1.54) is 0 Å². The maximum Gasteiger partial charge on any atom is 0.245 e. The Morgan fingerprint density at radius 3 is 2.06 bits per heavy atom. The summed E-state index contributed by atoms with van der Waals surface area (Å²) in [5, 5.41) is 0. The molecule has 0 spiro atoms. The van der Waals surface area contributed by atoms with Crippen molar-refractivity contribution in [1.29, 1.82) is 0 Å². The van der Waals surface area contributed by atoms with Crippen molar-refractivity contribution in [3.8, 4) is 0 Å². The topological polar surface area (TPSA) is 54.0 Å². The molecule has 6 heteroatoms. The van der Waals surface area contributed by atoms with Gasteiger partial charge in [-0.05, 0) is 12.1 Å². The SMILES string of the molecule is C[Si](C)(C)NC(=O)c1ccc(N[Si](C)(C)C)nc1. The van der Waals surface area contributed by atoms with Crippen LogP contribution in [0.25, 0.3) is 0 Å². The van der Waals surface area contributed by atoms with Gasteiger partial charge in [0.2, 0.25) is 5.91 Å². The highest BCUT2D eigenvalue weighted by atomic mass is 28.3. The largest absolute Gasteiger partial charge is 0.396 e. The first-order valence-electron chi connectivity index (χ1n) is 6.14. The molecule has 2 N–H and O–H groups in total. The minimum absolute atomic E-state index is 0.0266. The van der Waals surface area contributed by atoms with Gasteiger partial charge in [0.05, 0.1) is 5.56 Å². The van der Waals surface area contributed by atoms with Gasteiger partial charge in [-0.1, -0.05) is 39.3 Å². The lowest BCUT2D eigenvalue weighted by Gasteiger charge is -2.19. The first-order chi connectivity index (χ1) is 8.07. The average molecular weight is 282 g/mol. The van der Waals surface area contributed by atoms with Crippen molar-refractivity contribution in [1.82, 2.24) is 9.97 Å². The van der Waals surface area contributed by atoms with Gasteiger partial charge in [-0.25, -0.2) is 4.98 Å². The zero-order valence-corrected chi connectivity index (χ0v) is 14.1. The molecule has 0 aliphatic carbocycles. The van der Waals surface area contributed by atoms with Gasteiger partial charge < -0.3 is 9.96 Å². The van der Waals surface area contributed by atoms with Gasteiger partial charge in [0, 0.05) is 6.20 Å². The molecule has 0 aromatic carbocycles. The van der Waals surface area contributed by atoms with Gasteiger partial charge in [-0.2, -0.15) is 0 Å². The van der Waals surface area contributed by atoms with Crippen molar-refractivity contribution in [2.45, 2.75) is 39.3 Å². The summed E-state index contributed by atoms with van der Waals surface area (Å²) >= 11 is 0. The van der Waals surface area contributed by atoms with Gasteiger partial charge in [-0.15, -0.1) is 0 Å². The molecule has 0 unspecified atom stereocenters. The van der Waals surface area contributed by atoms with Crippen LogP contribution >= 0.6 is 0 Å². The van der Waals surface area contributed by atoms with E-state index >= 15 is 0 Å². The van der Waals surface area contributed by atoms with Gasteiger partial charge >= 0.3 is 0 Å². The first kappa shape index (κ1) is 14.9. The zero-order chi connectivity index (χ0) is 14.0. The molecule has 100 valence electrons. The number of pyridine rings is 1. The molecule has 0 aliphatic heterocycles. The molecule has 1 aromatic heterocycles. The predicted molar refractivity (Wildman–Crippen MR) is 82.0 cm³/mol. The highest BCUT2D eigenvalue weighted by Gasteiger charge is 2.18. The minimum Gasteiger partial charge on any atom is -0.396 e. The second kappa shape index (κ2) is 5.23. The summed E-state index contributed by atoms with van der Waals surface area (Å²) in [5.41, 5.74) is 0.624. The molecule has 1 heterocycles. The van der Waals surface area contributed by atoms with Crippen LogP contribution in [-0.4, -0.2) is 27.4 Å². The lowest BCUT2D eigenvalue weighted by molar-refractivity contribution is 0.0978. The Morgan fingerprint density at radius 1 is 1.06 bits per heavy atom. The second-order valence-corrected chi connectivity index (χ2v) is 16.0. The van der Waals surface area contributed by atoms with Crippen LogP contribution in [0.1, 0.15) is 10.4 Å². The van der Waals surface area contributed by atoms with E-state index in [0.29, 0.717) is 5.56 Å². The van der Waals surface area contributed by atoms with E-state index in [2.05, 4.69) is 54.2 Å². The maximum atomic E-state index is 11.9. The molecule has 18 heavy (non-hydrogen) atoms. The van der Waals surface area contributed by atoms with Crippen LogP contribution in [-0.2, 0) is 0 Å². The predicted octanol–water partition coefficient (Wildman–Crippen LogP) is 2.89. The fraction of sp³-hybridized carbons (Fsp3) is 0.500. The molecule has 1 rings (SSSR count). The quantitative estimate of drug-likeness (QED) is 0.834. The third-order valence-electron chi connectivity index (χ3n) is 2.02. The van der Waals surface area contributed by atoms with Crippen LogP contribution in [0, 0.1) is 0 Å². The Labute approximate surface area is 111 Å². The van der Waals surface area contributed by atoms with Crippen LogP contribution in [0.15, 0.2) is 18.3 Å². The fourth-order valence-corrected chi connectivity index (χ4v) is 3.14. The number of carbonyl (C=O) groups excluding carboxylic acids is 1. The monoisotopic (exact) mass is 281 g/mol. The van der Waals surface area contributed by atoms with Crippen molar-refractivity contribution in [3.05, 3.63) is 23.9 Å². The molecule has 1 amide bonds. The van der Waals surface area contributed by atoms with E-state index in [1.54, 1.807) is 6.20 Å². The highest BCUT2D eigenvalue weighted by Crippen LogP contribution is 2.10. The number of amides is 1. The number of aromatic nitrogens is 1. The van der Waals surface area contributed by atoms with Gasteiger partial charge in [0.1, 0.15) is 22.3 Å². The Balaban J connectivity index is 2.74. The van der Waals surface area contributed by atoms with Crippen LogP contribution in [0.3, 0.4) is 0 Å². The summed E-state index contributed by atoms with van der Waals surface area (Å²) in [4.78, 5) is 22.7. The Bertz CT molecular complexity index is 418. The molecular formula is C12H23N3OSi2. The molecule has 1 aromatic rings. The third-order valence-corrected chi connectivity index (χ3v) is 4.00. The number of hydrogen-bond acceptors (Lipinski definition) is 3. The zero-order valence-electron chi connectivity index (χ0n) is 12.1. The summed E-state index contributed by atoms with van der Waals surface area (Å²) in [7, 11) is -2.98. The number of anilines is 1. The molecule has 0 saturated carbocycles. The van der Waals surface area contributed by atoms with Crippen molar-refractivity contribution < 1.29 is 4.79 Å². The maximum absolute atomic E-state index is 11.9. The molecule has 0 radical (unpaired) electrons. The second-order valence-electron chi connectivity index (χ2n) is 6.51. The molecular weight excluding hydrogens is 258 g/mol. The van der Waals surface area contributed by atoms with Crippen LogP contribution < -0.4 is 9.96 Å². The summed E-state index contributed by atoms with van der Waals surface area (Å²) in [6.07, 6.45) is 1.64. The first-order valence-corrected chi connectivity index (χ1v) is 13.1. The number of nitrogens with zero attached hydrogens (tertiary/aromatic N) is 1. The molecule has 0 aliphatic rings. The van der Waals surface area contributed by atoms with E-state index in [4.69, 9.17) is 0 Å². The summed E-state index contributed by atoms with van der Waals surface area (Å²) in [6, 6.07) is 3.70. The smallest absolute Gasteiger partial charge is 0.245 e. The van der Waals surface area contributed by atoms with Crippen molar-refractivity contribution >= 4 is 28.2 Å². The van der Waals surface area contributed by atoms with Gasteiger partial charge in [0.15, 0.2) is 0 Å².